The maximum atomic E-state index is 13.6. The molecular formula is C29H37F3N4O3. The number of hydrogen-bond acceptors (Lipinski definition) is 4. The van der Waals surface area contributed by atoms with E-state index in [1.807, 2.05) is 61.0 Å². The molecule has 0 spiro atoms. The number of nitrogens with zero attached hydrogens (tertiary/aromatic N) is 3. The molecule has 10 heteroatoms. The van der Waals surface area contributed by atoms with Crippen molar-refractivity contribution >= 4 is 11.4 Å². The molecule has 0 radical (unpaired) electrons. The molecule has 1 N–H and O–H groups in total. The van der Waals surface area contributed by atoms with Gasteiger partial charge in [0.2, 0.25) is 5.91 Å². The molecule has 39 heavy (non-hydrogen) atoms. The third-order valence-electron chi connectivity index (χ3n) is 7.28. The van der Waals surface area contributed by atoms with Crippen molar-refractivity contribution in [1.29, 1.82) is 0 Å². The summed E-state index contributed by atoms with van der Waals surface area (Å²) in [6.45, 7) is 5.38. The minimum absolute atomic E-state index is 0.0480. The van der Waals surface area contributed by atoms with E-state index < -0.39 is 12.1 Å². The number of aromatic nitrogens is 2. The third-order valence-corrected chi connectivity index (χ3v) is 7.28. The molecule has 3 aromatic rings. The van der Waals surface area contributed by atoms with Crippen molar-refractivity contribution in [1.82, 2.24) is 19.2 Å². The molecule has 1 amide bonds. The average molecular weight is 547 g/mol. The number of aryl methyl sites for hydroxylation is 1. The molecule has 0 unspecified atom stereocenters. The zero-order chi connectivity index (χ0) is 28.2. The fourth-order valence-corrected chi connectivity index (χ4v) is 5.23. The highest BCUT2D eigenvalue weighted by molar-refractivity contribution is 5.77. The highest BCUT2D eigenvalue weighted by Gasteiger charge is 2.40. The molecule has 212 valence electrons. The van der Waals surface area contributed by atoms with Crippen molar-refractivity contribution in [3.8, 4) is 17.0 Å². The molecule has 1 aromatic carbocycles. The normalized spacial score (nSPS) is 15.3. The second-order valence-electron chi connectivity index (χ2n) is 10.6. The van der Waals surface area contributed by atoms with Crippen molar-refractivity contribution < 1.29 is 22.7 Å². The van der Waals surface area contributed by atoms with Crippen molar-refractivity contribution in [2.24, 2.45) is 5.92 Å². The average Bonchev–Trinajstić information content (AvgIpc) is 3.31. The maximum Gasteiger partial charge on any atom is 0.391 e. The smallest absolute Gasteiger partial charge is 0.391 e. The van der Waals surface area contributed by atoms with Crippen LogP contribution in [0.1, 0.15) is 45.1 Å². The lowest BCUT2D eigenvalue weighted by Crippen LogP contribution is -2.39. The summed E-state index contributed by atoms with van der Waals surface area (Å²) in [6, 6.07) is 9.19. The molecule has 1 aliphatic heterocycles. The summed E-state index contributed by atoms with van der Waals surface area (Å²) in [6.07, 6.45) is 2.55. The van der Waals surface area contributed by atoms with E-state index in [4.69, 9.17) is 4.74 Å². The fourth-order valence-electron chi connectivity index (χ4n) is 5.23. The van der Waals surface area contributed by atoms with E-state index in [9.17, 15) is 22.8 Å². The number of fused-ring (bicyclic) bond motifs is 1. The number of halogens is 3. The summed E-state index contributed by atoms with van der Waals surface area (Å²) in [4.78, 5) is 28.3. The summed E-state index contributed by atoms with van der Waals surface area (Å²) in [7, 11) is 1.58. The van der Waals surface area contributed by atoms with Crippen LogP contribution >= 0.6 is 0 Å². The first kappa shape index (κ1) is 28.7. The monoisotopic (exact) mass is 546 g/mol. The summed E-state index contributed by atoms with van der Waals surface area (Å²) >= 11 is 0. The van der Waals surface area contributed by atoms with Crippen LogP contribution in [0.2, 0.25) is 0 Å². The number of amides is 1. The molecule has 0 bridgehead atoms. The van der Waals surface area contributed by atoms with E-state index in [0.717, 1.165) is 36.9 Å². The number of rotatable bonds is 10. The zero-order valence-electron chi connectivity index (χ0n) is 22.8. The van der Waals surface area contributed by atoms with Crippen molar-refractivity contribution in [3.63, 3.8) is 0 Å². The Labute approximate surface area is 226 Å². The van der Waals surface area contributed by atoms with Crippen LogP contribution in [0.4, 0.5) is 13.2 Å². The summed E-state index contributed by atoms with van der Waals surface area (Å²) < 4.78 is 47.4. The Morgan fingerprint density at radius 3 is 2.54 bits per heavy atom. The van der Waals surface area contributed by atoms with Crippen LogP contribution in [-0.2, 0) is 17.8 Å². The number of benzene rings is 1. The van der Waals surface area contributed by atoms with Crippen LogP contribution in [0.25, 0.3) is 16.8 Å². The Kier molecular flexibility index (Phi) is 9.04. The lowest BCUT2D eigenvalue weighted by atomic mass is 9.96. The van der Waals surface area contributed by atoms with Gasteiger partial charge in [0.15, 0.2) is 0 Å². The van der Waals surface area contributed by atoms with Gasteiger partial charge >= 0.3 is 6.18 Å². The number of likely N-dealkylation sites (tertiary alicyclic amines) is 1. The summed E-state index contributed by atoms with van der Waals surface area (Å²) in [5, 5.41) is 2.85. The van der Waals surface area contributed by atoms with Crippen LogP contribution in [0.5, 0.6) is 5.75 Å². The number of carbonyl (C=O) groups is 1. The van der Waals surface area contributed by atoms with Gasteiger partial charge in [-0.2, -0.15) is 13.2 Å². The Balaban J connectivity index is 1.49. The van der Waals surface area contributed by atoms with Crippen LogP contribution in [-0.4, -0.2) is 58.7 Å². The molecule has 4 rings (SSSR count). The molecule has 2 aromatic heterocycles. The number of methoxy groups -OCH3 is 1. The Morgan fingerprint density at radius 2 is 1.87 bits per heavy atom. The van der Waals surface area contributed by atoms with Crippen LogP contribution in [0.3, 0.4) is 0 Å². The van der Waals surface area contributed by atoms with Crippen molar-refractivity contribution in [2.45, 2.75) is 64.7 Å². The fraction of sp³-hybridized carbons (Fsp3) is 0.517. The van der Waals surface area contributed by atoms with Crippen LogP contribution < -0.4 is 15.6 Å². The SMILES string of the molecule is COc1cccc(-c2cn3cc(CCCCN4CCC(C(F)(F)F)CC4)cc3c(=O)n2CC(=O)NC(C)C)c1. The van der Waals surface area contributed by atoms with E-state index in [1.54, 1.807) is 7.11 Å². The van der Waals surface area contributed by atoms with E-state index in [2.05, 4.69) is 10.2 Å². The number of hydrogen-bond donors (Lipinski definition) is 1. The third kappa shape index (κ3) is 7.23. The van der Waals surface area contributed by atoms with E-state index >= 15 is 0 Å². The van der Waals surface area contributed by atoms with E-state index in [0.29, 0.717) is 30.0 Å². The second-order valence-corrected chi connectivity index (χ2v) is 10.6. The van der Waals surface area contributed by atoms with Gasteiger partial charge in [-0.1, -0.05) is 12.1 Å². The van der Waals surface area contributed by atoms with Gasteiger partial charge in [0.05, 0.1) is 18.7 Å². The minimum Gasteiger partial charge on any atom is -0.497 e. The van der Waals surface area contributed by atoms with Gasteiger partial charge in [0.25, 0.3) is 5.56 Å². The Hall–Kier alpha value is -3.27. The highest BCUT2D eigenvalue weighted by Crippen LogP contribution is 2.34. The number of piperidine rings is 1. The molecule has 1 fully saturated rings. The standard InChI is InChI=1S/C29H37F3N4O3/c1-20(2)33-27(37)19-36-26(22-8-6-9-24(16-22)39-3)18-35-17-21(15-25(35)28(36)38)7-4-5-12-34-13-10-23(11-14-34)29(30,31)32/h6,8-9,15-18,20,23H,4-5,7,10-14,19H2,1-3H3,(H,33,37). The predicted octanol–water partition coefficient (Wildman–Crippen LogP) is 4.90. The first-order valence-electron chi connectivity index (χ1n) is 13.5. The largest absolute Gasteiger partial charge is 0.497 e. The lowest BCUT2D eigenvalue weighted by molar-refractivity contribution is -0.185. The molecule has 7 nitrogen and oxygen atoms in total. The van der Waals surface area contributed by atoms with E-state index in [1.165, 1.54) is 4.57 Å². The number of alkyl halides is 3. The Bertz CT molecular complexity index is 1340. The van der Waals surface area contributed by atoms with Gasteiger partial charge in [-0.15, -0.1) is 0 Å². The van der Waals surface area contributed by atoms with Gasteiger partial charge < -0.3 is 19.4 Å². The molecule has 1 aliphatic rings. The maximum absolute atomic E-state index is 13.6. The van der Waals surface area contributed by atoms with Crippen LogP contribution in [0, 0.1) is 5.92 Å². The number of unbranched alkanes of at least 4 members (excludes halogenated alkanes) is 1. The zero-order valence-corrected chi connectivity index (χ0v) is 22.8. The molecule has 1 saturated heterocycles. The molecule has 3 heterocycles. The number of ether oxygens (including phenoxy) is 1. The predicted molar refractivity (Wildman–Crippen MR) is 145 cm³/mol. The minimum atomic E-state index is -4.09. The quantitative estimate of drug-likeness (QED) is 0.368. The van der Waals surface area contributed by atoms with Gasteiger partial charge in [0, 0.05) is 24.0 Å². The van der Waals surface area contributed by atoms with Crippen molar-refractivity contribution in [2.75, 3.05) is 26.7 Å². The van der Waals surface area contributed by atoms with Crippen LogP contribution in [0.15, 0.2) is 47.5 Å². The summed E-state index contributed by atoms with van der Waals surface area (Å²) in [5.41, 5.74) is 2.60. The number of carbonyl (C=O) groups excluding carboxylic acids is 1. The number of nitrogens with one attached hydrogen (secondary N) is 1. The molecule has 0 atom stereocenters. The van der Waals surface area contributed by atoms with Gasteiger partial charge in [-0.05, 0) is 89.3 Å². The van der Waals surface area contributed by atoms with Crippen molar-refractivity contribution in [3.05, 3.63) is 58.6 Å². The van der Waals surface area contributed by atoms with Gasteiger partial charge in [-0.3, -0.25) is 14.2 Å². The topological polar surface area (TPSA) is 68.0 Å². The van der Waals surface area contributed by atoms with Gasteiger partial charge in [0.1, 0.15) is 17.8 Å². The van der Waals surface area contributed by atoms with E-state index in [-0.39, 0.29) is 36.9 Å². The Morgan fingerprint density at radius 1 is 1.13 bits per heavy atom. The summed E-state index contributed by atoms with van der Waals surface area (Å²) in [5.74, 6) is -0.773. The molecule has 0 aliphatic carbocycles. The highest BCUT2D eigenvalue weighted by atomic mass is 19.4. The molecular weight excluding hydrogens is 509 g/mol. The first-order chi connectivity index (χ1) is 18.5. The second kappa shape index (κ2) is 12.3. The first-order valence-corrected chi connectivity index (χ1v) is 13.5. The molecule has 0 saturated carbocycles. The van der Waals surface area contributed by atoms with Gasteiger partial charge in [-0.25, -0.2) is 0 Å². The lowest BCUT2D eigenvalue weighted by Gasteiger charge is -2.32.